The molecule has 4 heteroatoms. The molecule has 1 saturated carbocycles. The van der Waals surface area contributed by atoms with Gasteiger partial charge in [0.15, 0.2) is 0 Å². The molecule has 1 heterocycles. The molecule has 3 nitrogen and oxygen atoms in total. The van der Waals surface area contributed by atoms with Crippen LogP contribution in [0.3, 0.4) is 0 Å². The summed E-state index contributed by atoms with van der Waals surface area (Å²) < 4.78 is 1.58. The molecular formula is C17H19ClN2O. The molecule has 2 aromatic rings. The molecule has 0 radical (unpaired) electrons. The third kappa shape index (κ3) is 3.55. The SMILES string of the molecule is Cn1ccc(CN[C@H](c2ccc(Cl)cc2)C2CC2)cc1=O. The fourth-order valence-corrected chi connectivity index (χ4v) is 2.71. The van der Waals surface area contributed by atoms with Crippen molar-refractivity contribution in [2.75, 3.05) is 0 Å². The molecule has 1 aliphatic carbocycles. The first-order chi connectivity index (χ1) is 10.1. The summed E-state index contributed by atoms with van der Waals surface area (Å²) >= 11 is 5.96. The highest BCUT2D eigenvalue weighted by Gasteiger charge is 2.31. The number of halogens is 1. The van der Waals surface area contributed by atoms with Gasteiger partial charge in [0, 0.05) is 36.9 Å². The van der Waals surface area contributed by atoms with Crippen LogP contribution in [0.25, 0.3) is 0 Å². The molecule has 0 spiro atoms. The Balaban J connectivity index is 1.72. The number of aryl methyl sites for hydroxylation is 1. The molecule has 1 aliphatic rings. The normalized spacial score (nSPS) is 15.9. The molecule has 110 valence electrons. The molecule has 1 fully saturated rings. The predicted molar refractivity (Wildman–Crippen MR) is 85.4 cm³/mol. The van der Waals surface area contributed by atoms with Gasteiger partial charge in [0.1, 0.15) is 0 Å². The van der Waals surface area contributed by atoms with Crippen molar-refractivity contribution in [1.29, 1.82) is 0 Å². The fraction of sp³-hybridized carbons (Fsp3) is 0.353. The quantitative estimate of drug-likeness (QED) is 0.919. The summed E-state index contributed by atoms with van der Waals surface area (Å²) in [5.74, 6) is 0.692. The van der Waals surface area contributed by atoms with E-state index in [9.17, 15) is 4.79 Å². The lowest BCUT2D eigenvalue weighted by Gasteiger charge is -2.19. The van der Waals surface area contributed by atoms with Crippen molar-refractivity contribution >= 4 is 11.6 Å². The zero-order valence-electron chi connectivity index (χ0n) is 12.1. The van der Waals surface area contributed by atoms with Crippen molar-refractivity contribution in [1.82, 2.24) is 9.88 Å². The summed E-state index contributed by atoms with van der Waals surface area (Å²) in [5, 5.41) is 4.35. The van der Waals surface area contributed by atoms with Crippen LogP contribution in [0.5, 0.6) is 0 Å². The first-order valence-corrected chi connectivity index (χ1v) is 7.66. The summed E-state index contributed by atoms with van der Waals surface area (Å²) in [7, 11) is 1.76. The molecule has 0 amide bonds. The molecule has 1 N–H and O–H groups in total. The summed E-state index contributed by atoms with van der Waals surface area (Å²) in [4.78, 5) is 11.7. The van der Waals surface area contributed by atoms with E-state index < -0.39 is 0 Å². The van der Waals surface area contributed by atoms with Crippen molar-refractivity contribution in [2.45, 2.75) is 25.4 Å². The third-order valence-electron chi connectivity index (χ3n) is 4.02. The van der Waals surface area contributed by atoms with Gasteiger partial charge in [0.05, 0.1) is 0 Å². The van der Waals surface area contributed by atoms with Crippen LogP contribution in [0.4, 0.5) is 0 Å². The monoisotopic (exact) mass is 302 g/mol. The van der Waals surface area contributed by atoms with Crippen molar-refractivity contribution in [2.24, 2.45) is 13.0 Å². The van der Waals surface area contributed by atoms with E-state index >= 15 is 0 Å². The van der Waals surface area contributed by atoms with Gasteiger partial charge in [-0.3, -0.25) is 4.79 Å². The Morgan fingerprint density at radius 3 is 2.62 bits per heavy atom. The second kappa shape index (κ2) is 6.04. The van der Waals surface area contributed by atoms with Gasteiger partial charge in [-0.2, -0.15) is 0 Å². The van der Waals surface area contributed by atoms with Crippen molar-refractivity contribution < 1.29 is 0 Å². The lowest BCUT2D eigenvalue weighted by molar-refractivity contribution is 0.480. The summed E-state index contributed by atoms with van der Waals surface area (Å²) in [6, 6.07) is 12.1. The fourth-order valence-electron chi connectivity index (χ4n) is 2.58. The van der Waals surface area contributed by atoms with Gasteiger partial charge in [-0.1, -0.05) is 23.7 Å². The second-order valence-corrected chi connectivity index (χ2v) is 6.17. The molecule has 0 unspecified atom stereocenters. The maximum Gasteiger partial charge on any atom is 0.250 e. The van der Waals surface area contributed by atoms with E-state index in [4.69, 9.17) is 11.6 Å². The van der Waals surface area contributed by atoms with Gasteiger partial charge in [-0.05, 0) is 48.1 Å². The Hall–Kier alpha value is -1.58. The number of rotatable bonds is 5. The van der Waals surface area contributed by atoms with Crippen LogP contribution in [0.2, 0.25) is 5.02 Å². The number of pyridine rings is 1. The smallest absolute Gasteiger partial charge is 0.250 e. The molecule has 21 heavy (non-hydrogen) atoms. The zero-order valence-corrected chi connectivity index (χ0v) is 12.8. The highest BCUT2D eigenvalue weighted by Crippen LogP contribution is 2.41. The highest BCUT2D eigenvalue weighted by molar-refractivity contribution is 6.30. The molecule has 0 saturated heterocycles. The van der Waals surface area contributed by atoms with Gasteiger partial charge in [0.2, 0.25) is 0 Å². The average molecular weight is 303 g/mol. The molecule has 1 aromatic carbocycles. The van der Waals surface area contributed by atoms with Gasteiger partial charge in [-0.15, -0.1) is 0 Å². The summed E-state index contributed by atoms with van der Waals surface area (Å²) in [6.07, 6.45) is 4.33. The van der Waals surface area contributed by atoms with Crippen LogP contribution in [0.1, 0.15) is 30.0 Å². The first kappa shape index (κ1) is 14.4. The third-order valence-corrected chi connectivity index (χ3v) is 4.27. The van der Waals surface area contributed by atoms with E-state index in [1.54, 1.807) is 17.7 Å². The van der Waals surface area contributed by atoms with Gasteiger partial charge in [0.25, 0.3) is 5.56 Å². The Morgan fingerprint density at radius 1 is 1.29 bits per heavy atom. The minimum absolute atomic E-state index is 0.0313. The van der Waals surface area contributed by atoms with Gasteiger partial charge < -0.3 is 9.88 Å². The molecule has 0 bridgehead atoms. The predicted octanol–water partition coefficient (Wildman–Crippen LogP) is 3.28. The van der Waals surface area contributed by atoms with E-state index in [1.807, 2.05) is 24.4 Å². The van der Waals surface area contributed by atoms with Crippen LogP contribution >= 0.6 is 11.6 Å². The number of hydrogen-bond donors (Lipinski definition) is 1. The lowest BCUT2D eigenvalue weighted by atomic mass is 10.0. The largest absolute Gasteiger partial charge is 0.319 e. The van der Waals surface area contributed by atoms with Crippen molar-refractivity contribution in [3.63, 3.8) is 0 Å². The number of aromatic nitrogens is 1. The molecule has 0 aliphatic heterocycles. The molecule has 1 aromatic heterocycles. The zero-order chi connectivity index (χ0) is 14.8. The Morgan fingerprint density at radius 2 is 2.00 bits per heavy atom. The Kier molecular flexibility index (Phi) is 4.13. The number of benzene rings is 1. The number of hydrogen-bond acceptors (Lipinski definition) is 2. The maximum atomic E-state index is 11.7. The molecule has 1 atom stereocenters. The van der Waals surface area contributed by atoms with E-state index in [2.05, 4.69) is 17.4 Å². The van der Waals surface area contributed by atoms with E-state index in [0.717, 1.165) is 10.6 Å². The van der Waals surface area contributed by atoms with Gasteiger partial charge >= 0.3 is 0 Å². The van der Waals surface area contributed by atoms with E-state index in [0.29, 0.717) is 18.5 Å². The average Bonchev–Trinajstić information content (AvgIpc) is 3.29. The minimum atomic E-state index is 0.0313. The summed E-state index contributed by atoms with van der Waals surface area (Å²) in [5.41, 5.74) is 2.33. The Labute approximate surface area is 129 Å². The van der Waals surface area contributed by atoms with E-state index in [-0.39, 0.29) is 5.56 Å². The van der Waals surface area contributed by atoms with E-state index in [1.165, 1.54) is 18.4 Å². The maximum absolute atomic E-state index is 11.7. The number of nitrogens with zero attached hydrogens (tertiary/aromatic N) is 1. The van der Waals surface area contributed by atoms with Crippen molar-refractivity contribution in [3.8, 4) is 0 Å². The standard InChI is InChI=1S/C17H19ClN2O/c1-20-9-8-12(10-16(20)21)11-19-17(13-2-3-13)14-4-6-15(18)7-5-14/h4-10,13,17,19H,2-3,11H2,1H3/t17-/m0/s1. The highest BCUT2D eigenvalue weighted by atomic mass is 35.5. The van der Waals surface area contributed by atoms with Crippen LogP contribution in [-0.4, -0.2) is 4.57 Å². The van der Waals surface area contributed by atoms with Crippen molar-refractivity contribution in [3.05, 3.63) is 69.1 Å². The van der Waals surface area contributed by atoms with Gasteiger partial charge in [-0.25, -0.2) is 0 Å². The minimum Gasteiger partial charge on any atom is -0.319 e. The molecular weight excluding hydrogens is 284 g/mol. The Bertz CT molecular complexity index is 674. The van der Waals surface area contributed by atoms with Crippen LogP contribution in [-0.2, 0) is 13.6 Å². The van der Waals surface area contributed by atoms with Crippen LogP contribution < -0.4 is 10.9 Å². The summed E-state index contributed by atoms with van der Waals surface area (Å²) in [6.45, 7) is 0.708. The molecule has 3 rings (SSSR count). The number of nitrogens with one attached hydrogen (secondary N) is 1. The topological polar surface area (TPSA) is 34.0 Å². The van der Waals surface area contributed by atoms with Crippen LogP contribution in [0, 0.1) is 5.92 Å². The lowest BCUT2D eigenvalue weighted by Crippen LogP contribution is -2.24. The van der Waals surface area contributed by atoms with Crippen LogP contribution in [0.15, 0.2) is 47.4 Å². The second-order valence-electron chi connectivity index (χ2n) is 5.73. The first-order valence-electron chi connectivity index (χ1n) is 7.28.